The molecule has 0 saturated carbocycles. The Kier molecular flexibility index (Phi) is 5.11. The number of halogens is 2. The molecule has 0 fully saturated rings. The second kappa shape index (κ2) is 7.72. The number of pyridine rings is 1. The van der Waals surface area contributed by atoms with Crippen molar-refractivity contribution < 1.29 is 18.7 Å². The van der Waals surface area contributed by atoms with Gasteiger partial charge in [0.05, 0.1) is 5.69 Å². The van der Waals surface area contributed by atoms with Gasteiger partial charge >= 0.3 is 6.09 Å². The maximum Gasteiger partial charge on any atom is 0.410 e. The van der Waals surface area contributed by atoms with Crippen molar-refractivity contribution >= 4 is 17.7 Å². The van der Waals surface area contributed by atoms with Crippen LogP contribution >= 0.6 is 11.6 Å². The molecule has 5 nitrogen and oxygen atoms in total. The molecule has 0 saturated heterocycles. The number of ether oxygens (including phenoxy) is 2. The van der Waals surface area contributed by atoms with Crippen molar-refractivity contribution in [2.45, 2.75) is 25.7 Å². The molecule has 1 unspecified atom stereocenters. The second-order valence-electron chi connectivity index (χ2n) is 6.99. The number of alkyl carbamates (subject to hydrolysis) is 1. The van der Waals surface area contributed by atoms with E-state index in [0.29, 0.717) is 17.9 Å². The van der Waals surface area contributed by atoms with Gasteiger partial charge in [-0.15, -0.1) is 0 Å². The molecule has 2 aromatic carbocycles. The third-order valence-corrected chi connectivity index (χ3v) is 4.84. The van der Waals surface area contributed by atoms with E-state index in [-0.39, 0.29) is 17.6 Å². The Bertz CT molecular complexity index is 1040. The molecule has 1 aromatic heterocycles. The van der Waals surface area contributed by atoms with Crippen LogP contribution in [0.3, 0.4) is 0 Å². The Morgan fingerprint density at radius 1 is 1.24 bits per heavy atom. The van der Waals surface area contributed by atoms with E-state index in [1.165, 1.54) is 12.1 Å². The van der Waals surface area contributed by atoms with Gasteiger partial charge in [0.2, 0.25) is 0 Å². The zero-order valence-corrected chi connectivity index (χ0v) is 16.4. The summed E-state index contributed by atoms with van der Waals surface area (Å²) in [7, 11) is 0. The van der Waals surface area contributed by atoms with Gasteiger partial charge in [0.1, 0.15) is 12.4 Å². The number of aromatic nitrogens is 1. The molecule has 4 rings (SSSR count). The van der Waals surface area contributed by atoms with Gasteiger partial charge in [-0.25, -0.2) is 14.2 Å². The monoisotopic (exact) mass is 412 g/mol. The van der Waals surface area contributed by atoms with E-state index in [2.05, 4.69) is 10.3 Å². The highest BCUT2D eigenvalue weighted by molar-refractivity contribution is 6.31. The lowest BCUT2D eigenvalue weighted by Crippen LogP contribution is -2.49. The lowest BCUT2D eigenvalue weighted by atomic mass is 10.0. The number of nitrogens with one attached hydrogen (secondary N) is 1. The molecule has 7 heteroatoms. The van der Waals surface area contributed by atoms with Crippen LogP contribution in [0.5, 0.6) is 5.75 Å². The summed E-state index contributed by atoms with van der Waals surface area (Å²) in [5.74, 6) is 0.0959. The molecule has 1 atom stereocenters. The fraction of sp³-hybridized carbons (Fsp3) is 0.182. The van der Waals surface area contributed by atoms with Crippen molar-refractivity contribution in [1.82, 2.24) is 10.3 Å². The minimum Gasteiger partial charge on any atom is -0.464 e. The molecule has 29 heavy (non-hydrogen) atoms. The van der Waals surface area contributed by atoms with Crippen molar-refractivity contribution in [3.63, 3.8) is 0 Å². The summed E-state index contributed by atoms with van der Waals surface area (Å²) in [6.45, 7) is 1.90. The Labute approximate surface area is 172 Å². The second-order valence-corrected chi connectivity index (χ2v) is 7.35. The highest BCUT2D eigenvalue weighted by Gasteiger charge is 2.39. The maximum absolute atomic E-state index is 13.2. The van der Waals surface area contributed by atoms with E-state index < -0.39 is 11.8 Å². The maximum atomic E-state index is 13.2. The molecule has 1 amide bonds. The summed E-state index contributed by atoms with van der Waals surface area (Å²) in [4.78, 5) is 16.6. The molecular weight excluding hydrogens is 395 g/mol. The van der Waals surface area contributed by atoms with Gasteiger partial charge in [0, 0.05) is 17.5 Å². The van der Waals surface area contributed by atoms with Crippen LogP contribution in [0, 0.1) is 5.82 Å². The van der Waals surface area contributed by atoms with Crippen molar-refractivity contribution in [2.24, 2.45) is 0 Å². The standard InChI is InChI=1S/C22H18ClFN2O3/c1-22(26-21(27)28-13-14-5-3-2-4-6-14)12-16-11-18(25-20(23)19(16)29-22)15-7-9-17(24)10-8-15/h2-11H,12-13H2,1H3,(H,26,27). The van der Waals surface area contributed by atoms with Crippen molar-refractivity contribution in [1.29, 1.82) is 0 Å². The fourth-order valence-electron chi connectivity index (χ4n) is 3.23. The smallest absolute Gasteiger partial charge is 0.410 e. The highest BCUT2D eigenvalue weighted by Crippen LogP contribution is 2.40. The molecule has 1 aliphatic rings. The number of fused-ring (bicyclic) bond motifs is 1. The first-order chi connectivity index (χ1) is 13.9. The molecule has 3 aromatic rings. The molecule has 1 aliphatic heterocycles. The van der Waals surface area contributed by atoms with E-state index in [1.807, 2.05) is 36.4 Å². The lowest BCUT2D eigenvalue weighted by Gasteiger charge is -2.24. The number of amides is 1. The van der Waals surface area contributed by atoms with Gasteiger partial charge in [-0.3, -0.25) is 5.32 Å². The molecule has 0 spiro atoms. The summed E-state index contributed by atoms with van der Waals surface area (Å²) in [5, 5.41) is 2.93. The molecule has 0 radical (unpaired) electrons. The predicted octanol–water partition coefficient (Wildman–Crippen LogP) is 5.12. The Balaban J connectivity index is 1.46. The minimum absolute atomic E-state index is 0.159. The van der Waals surface area contributed by atoms with Crippen molar-refractivity contribution in [2.75, 3.05) is 0 Å². The molecule has 1 N–H and O–H groups in total. The zero-order valence-electron chi connectivity index (χ0n) is 15.6. The van der Waals surface area contributed by atoms with E-state index in [1.54, 1.807) is 19.1 Å². The number of nitrogens with zero attached hydrogens (tertiary/aromatic N) is 1. The Morgan fingerprint density at radius 3 is 2.69 bits per heavy atom. The third-order valence-electron chi connectivity index (χ3n) is 4.58. The number of carbonyl (C=O) groups is 1. The lowest BCUT2D eigenvalue weighted by molar-refractivity contribution is 0.0584. The first-order valence-electron chi connectivity index (χ1n) is 9.05. The van der Waals surface area contributed by atoms with E-state index >= 15 is 0 Å². The summed E-state index contributed by atoms with van der Waals surface area (Å²) in [6, 6.07) is 17.2. The van der Waals surface area contributed by atoms with Crippen LogP contribution in [-0.2, 0) is 17.8 Å². The number of benzene rings is 2. The van der Waals surface area contributed by atoms with Crippen molar-refractivity contribution in [3.05, 3.63) is 82.8 Å². The average Bonchev–Trinajstić information content (AvgIpc) is 3.04. The van der Waals surface area contributed by atoms with Gasteiger partial charge in [0.15, 0.2) is 16.6 Å². The van der Waals surface area contributed by atoms with Crippen LogP contribution in [0.15, 0.2) is 60.7 Å². The van der Waals surface area contributed by atoms with Gasteiger partial charge in [-0.05, 0) is 42.8 Å². The Hall–Kier alpha value is -3.12. The van der Waals surface area contributed by atoms with E-state index in [9.17, 15) is 9.18 Å². The quantitative estimate of drug-likeness (QED) is 0.604. The highest BCUT2D eigenvalue weighted by atomic mass is 35.5. The summed E-state index contributed by atoms with van der Waals surface area (Å²) in [5.41, 5.74) is 2.02. The molecule has 0 bridgehead atoms. The van der Waals surface area contributed by atoms with Crippen LogP contribution in [-0.4, -0.2) is 16.8 Å². The van der Waals surface area contributed by atoms with Gasteiger partial charge in [-0.2, -0.15) is 0 Å². The fourth-order valence-corrected chi connectivity index (χ4v) is 3.48. The van der Waals surface area contributed by atoms with Gasteiger partial charge < -0.3 is 9.47 Å². The topological polar surface area (TPSA) is 60.5 Å². The molecule has 148 valence electrons. The largest absolute Gasteiger partial charge is 0.464 e. The SMILES string of the molecule is CC1(NC(=O)OCc2ccccc2)Cc2cc(-c3ccc(F)cc3)nc(Cl)c2O1. The van der Waals surface area contributed by atoms with Gasteiger partial charge in [0.25, 0.3) is 0 Å². The number of carbonyl (C=O) groups excluding carboxylic acids is 1. The molecular formula is C22H18ClFN2O3. The first-order valence-corrected chi connectivity index (χ1v) is 9.43. The minimum atomic E-state index is -1.01. The third kappa shape index (κ3) is 4.32. The summed E-state index contributed by atoms with van der Waals surface area (Å²) < 4.78 is 24.3. The zero-order chi connectivity index (χ0) is 20.4. The number of hydrogen-bond acceptors (Lipinski definition) is 4. The van der Waals surface area contributed by atoms with Crippen LogP contribution < -0.4 is 10.1 Å². The van der Waals surface area contributed by atoms with E-state index in [4.69, 9.17) is 21.1 Å². The van der Waals surface area contributed by atoms with E-state index in [0.717, 1.165) is 16.7 Å². The normalized spacial score (nSPS) is 17.3. The van der Waals surface area contributed by atoms with Crippen LogP contribution in [0.25, 0.3) is 11.3 Å². The van der Waals surface area contributed by atoms with Crippen LogP contribution in [0.2, 0.25) is 5.15 Å². The summed E-state index contributed by atoms with van der Waals surface area (Å²) in [6.07, 6.45) is -0.203. The summed E-state index contributed by atoms with van der Waals surface area (Å²) >= 11 is 6.31. The van der Waals surface area contributed by atoms with Crippen LogP contribution in [0.1, 0.15) is 18.1 Å². The van der Waals surface area contributed by atoms with Crippen molar-refractivity contribution in [3.8, 4) is 17.0 Å². The number of hydrogen-bond donors (Lipinski definition) is 1. The van der Waals surface area contributed by atoms with Crippen LogP contribution in [0.4, 0.5) is 9.18 Å². The van der Waals surface area contributed by atoms with Gasteiger partial charge in [-0.1, -0.05) is 41.9 Å². The first kappa shape index (κ1) is 19.2. The number of rotatable bonds is 4. The average molecular weight is 413 g/mol. The molecule has 0 aliphatic carbocycles. The Morgan fingerprint density at radius 2 is 1.97 bits per heavy atom. The predicted molar refractivity (Wildman–Crippen MR) is 107 cm³/mol. The molecule has 2 heterocycles.